The van der Waals surface area contributed by atoms with Gasteiger partial charge in [-0.3, -0.25) is 0 Å². The molecule has 1 aliphatic rings. The van der Waals surface area contributed by atoms with Crippen molar-refractivity contribution in [3.8, 4) is 0 Å². The minimum atomic E-state index is -2.54. The van der Waals surface area contributed by atoms with Gasteiger partial charge in [-0.1, -0.05) is 0 Å². The van der Waals surface area contributed by atoms with Crippen molar-refractivity contribution in [2.24, 2.45) is 4.40 Å². The van der Waals surface area contributed by atoms with Gasteiger partial charge in [0.2, 0.25) is 5.90 Å². The van der Waals surface area contributed by atoms with E-state index in [1.807, 2.05) is 0 Å². The topological polar surface area (TPSA) is 108 Å². The van der Waals surface area contributed by atoms with Gasteiger partial charge in [0.1, 0.15) is 5.57 Å². The summed E-state index contributed by atoms with van der Waals surface area (Å²) < 4.78 is 38.1. The Bertz CT molecular complexity index is 549. The summed E-state index contributed by atoms with van der Waals surface area (Å²) in [5, 5.41) is 1.03. The summed E-state index contributed by atoms with van der Waals surface area (Å²) in [4.78, 5) is 22.1. The zero-order valence-corrected chi connectivity index (χ0v) is 10.3. The van der Waals surface area contributed by atoms with E-state index < -0.39 is 36.9 Å². The van der Waals surface area contributed by atoms with Crippen molar-refractivity contribution in [2.75, 3.05) is 14.2 Å². The maximum Gasteiger partial charge on any atom is 0.514 e. The molecular weight excluding hydrogens is 274 g/mol. The summed E-state index contributed by atoms with van der Waals surface area (Å²) >= 11 is 0. The maximum absolute atomic E-state index is 11.3. The summed E-state index contributed by atoms with van der Waals surface area (Å²) in [6.45, 7) is 0. The summed E-state index contributed by atoms with van der Waals surface area (Å²) in [6, 6.07) is 0. The van der Waals surface area contributed by atoms with E-state index >= 15 is 0 Å². The zero-order chi connectivity index (χ0) is 13.0. The van der Waals surface area contributed by atoms with Gasteiger partial charge in [-0.25, -0.2) is 9.59 Å². The number of carbonyl (C=O) groups excluding carboxylic acids is 2. The van der Waals surface area contributed by atoms with E-state index in [4.69, 9.17) is 0 Å². The molecule has 0 N–H and O–H groups in total. The molecule has 0 fully saturated rings. The highest BCUT2D eigenvalue weighted by molar-refractivity contribution is 8.35. The lowest BCUT2D eigenvalue weighted by Gasteiger charge is -2.03. The normalized spacial score (nSPS) is 17.9. The highest BCUT2D eigenvalue weighted by Gasteiger charge is 2.27. The monoisotopic (exact) mass is 281 g/mol. The van der Waals surface area contributed by atoms with E-state index in [9.17, 15) is 18.0 Å². The number of ether oxygens (including phenoxy) is 3. The first-order valence-electron chi connectivity index (χ1n) is 3.97. The van der Waals surface area contributed by atoms with Crippen molar-refractivity contribution >= 4 is 36.9 Å². The molecule has 0 bridgehead atoms. The van der Waals surface area contributed by atoms with Crippen molar-refractivity contribution in [3.05, 3.63) is 11.0 Å². The van der Waals surface area contributed by atoms with Gasteiger partial charge >= 0.3 is 12.1 Å². The molecule has 0 aromatic rings. The van der Waals surface area contributed by atoms with Gasteiger partial charge < -0.3 is 14.2 Å². The second-order valence-corrected chi connectivity index (χ2v) is 5.68. The smallest absolute Gasteiger partial charge is 0.465 e. The lowest BCUT2D eigenvalue weighted by Crippen LogP contribution is -2.18. The van der Waals surface area contributed by atoms with E-state index in [2.05, 4.69) is 18.6 Å². The second-order valence-electron chi connectivity index (χ2n) is 2.46. The molecule has 1 atom stereocenters. The number of rotatable bonds is 1. The second kappa shape index (κ2) is 5.59. The zero-order valence-electron chi connectivity index (χ0n) is 8.70. The summed E-state index contributed by atoms with van der Waals surface area (Å²) in [7, 11) is -1.95. The summed E-state index contributed by atoms with van der Waals surface area (Å²) in [6.07, 6.45) is -1.11. The van der Waals surface area contributed by atoms with Gasteiger partial charge in [0.15, 0.2) is 0 Å². The molecule has 1 aliphatic heterocycles. The van der Waals surface area contributed by atoms with Gasteiger partial charge in [0.05, 0.1) is 23.9 Å². The number of nitrogens with zero attached hydrogens (tertiary/aromatic N) is 1. The molecule has 0 amide bonds. The fraction of sp³-hybridized carbons (Fsp3) is 0.286. The highest BCUT2D eigenvalue weighted by Crippen LogP contribution is 2.15. The number of carbonyl (C=O) groups is 2. The van der Waals surface area contributed by atoms with E-state index in [0.717, 1.165) is 19.6 Å². The fourth-order valence-corrected chi connectivity index (χ4v) is 2.62. The van der Waals surface area contributed by atoms with E-state index in [-0.39, 0.29) is 5.57 Å². The van der Waals surface area contributed by atoms with Crippen LogP contribution >= 0.6 is 0 Å². The molecule has 1 unspecified atom stereocenters. The van der Waals surface area contributed by atoms with E-state index in [1.165, 1.54) is 0 Å². The molecule has 17 heavy (non-hydrogen) atoms. The van der Waals surface area contributed by atoms with Crippen LogP contribution in [0.15, 0.2) is 15.4 Å². The molecule has 0 aromatic carbocycles. The van der Waals surface area contributed by atoms with Crippen molar-refractivity contribution in [1.82, 2.24) is 0 Å². The summed E-state index contributed by atoms with van der Waals surface area (Å²) in [5.41, 5.74) is -0.231. The Morgan fingerprint density at radius 3 is 2.41 bits per heavy atom. The number of hydrogen-bond acceptors (Lipinski definition) is 7. The Morgan fingerprint density at radius 1 is 1.29 bits per heavy atom. The molecule has 8 nitrogen and oxygen atoms in total. The van der Waals surface area contributed by atoms with Crippen LogP contribution in [0.4, 0.5) is 4.79 Å². The van der Waals surface area contributed by atoms with Gasteiger partial charge in [-0.2, -0.15) is 12.8 Å². The van der Waals surface area contributed by atoms with Crippen LogP contribution in [0.1, 0.15) is 0 Å². The largest absolute Gasteiger partial charge is 0.514 e. The van der Waals surface area contributed by atoms with E-state index in [0.29, 0.717) is 0 Å². The molecule has 0 saturated carbocycles. The molecular formula is C7H7NO7S2. The number of esters is 1. The van der Waals surface area contributed by atoms with Gasteiger partial charge in [0.25, 0.3) is 9.26 Å². The Kier molecular flexibility index (Phi) is 4.40. The minimum Gasteiger partial charge on any atom is -0.465 e. The number of methoxy groups -OCH3 is 2. The molecule has 1 heterocycles. The summed E-state index contributed by atoms with van der Waals surface area (Å²) in [5.74, 6) is -1.29. The van der Waals surface area contributed by atoms with Crippen LogP contribution < -0.4 is 0 Å². The fourth-order valence-electron chi connectivity index (χ4n) is 0.818. The average molecular weight is 281 g/mol. The van der Waals surface area contributed by atoms with Crippen molar-refractivity contribution < 1.29 is 32.2 Å². The van der Waals surface area contributed by atoms with Crippen LogP contribution in [0, 0.1) is 0 Å². The van der Waals surface area contributed by atoms with E-state index in [1.54, 1.807) is 0 Å². The SMILES string of the molecule is COC(=O)OC1=NS(=S(=O)=O)C=C1C(=O)OC. The van der Waals surface area contributed by atoms with Crippen molar-refractivity contribution in [3.63, 3.8) is 0 Å². The van der Waals surface area contributed by atoms with Crippen molar-refractivity contribution in [2.45, 2.75) is 0 Å². The third-order valence-electron chi connectivity index (χ3n) is 1.51. The Balaban J connectivity index is 3.14. The molecule has 0 spiro atoms. The van der Waals surface area contributed by atoms with Crippen molar-refractivity contribution in [1.29, 1.82) is 0 Å². The predicted molar refractivity (Wildman–Crippen MR) is 57.3 cm³/mol. The quantitative estimate of drug-likeness (QED) is 0.600. The lowest BCUT2D eigenvalue weighted by atomic mass is 10.3. The van der Waals surface area contributed by atoms with Crippen LogP contribution in [0.5, 0.6) is 0 Å². The first-order chi connectivity index (χ1) is 7.99. The molecule has 94 valence electrons. The molecule has 0 radical (unpaired) electrons. The highest BCUT2D eigenvalue weighted by atomic mass is 32.9. The van der Waals surface area contributed by atoms with Crippen LogP contribution in [-0.2, 0) is 37.9 Å². The number of hydrogen-bond donors (Lipinski definition) is 0. The molecule has 1 rings (SSSR count). The van der Waals surface area contributed by atoms with Crippen LogP contribution in [0.25, 0.3) is 0 Å². The Labute approximate surface area is 99.1 Å². The molecule has 0 aromatic heterocycles. The third-order valence-corrected chi connectivity index (χ3v) is 3.92. The standard InChI is InChI=1S/C7H7NO7S2/c1-13-6(9)4-3-16(17(11)12)8-5(4)15-7(10)14-2/h3H,1-2H3. The first kappa shape index (κ1) is 13.4. The van der Waals surface area contributed by atoms with Gasteiger partial charge in [0, 0.05) is 5.41 Å². The molecule has 0 aliphatic carbocycles. The van der Waals surface area contributed by atoms with Crippen LogP contribution in [0.2, 0.25) is 0 Å². The lowest BCUT2D eigenvalue weighted by molar-refractivity contribution is -0.135. The van der Waals surface area contributed by atoms with Gasteiger partial charge in [-0.05, 0) is 0 Å². The molecule has 10 heteroatoms. The minimum absolute atomic E-state index is 0.231. The van der Waals surface area contributed by atoms with Crippen LogP contribution in [0.3, 0.4) is 0 Å². The average Bonchev–Trinajstić information content (AvgIpc) is 2.72. The Morgan fingerprint density at radius 2 is 1.94 bits per heavy atom. The third kappa shape index (κ3) is 3.14. The van der Waals surface area contributed by atoms with Crippen LogP contribution in [-0.4, -0.2) is 40.7 Å². The molecule has 0 saturated heterocycles. The van der Waals surface area contributed by atoms with Gasteiger partial charge in [-0.15, -0.1) is 0 Å². The first-order valence-corrected chi connectivity index (χ1v) is 6.81. The maximum atomic E-state index is 11.3. The Hall–Kier alpha value is -1.68. The predicted octanol–water partition coefficient (Wildman–Crippen LogP) is -0.434.